The van der Waals surface area contributed by atoms with E-state index in [2.05, 4.69) is 16.3 Å². The fourth-order valence-electron chi connectivity index (χ4n) is 6.09. The van der Waals surface area contributed by atoms with E-state index >= 15 is 0 Å². The van der Waals surface area contributed by atoms with Crippen molar-refractivity contribution >= 4 is 0 Å². The monoisotopic (exact) mass is 358 g/mol. The average Bonchev–Trinajstić information content (AvgIpc) is 3.44. The third-order valence-electron chi connectivity index (χ3n) is 7.59. The highest BCUT2D eigenvalue weighted by Crippen LogP contribution is 2.59. The first-order valence-corrected chi connectivity index (χ1v) is 10.2. The molecule has 4 aliphatic rings. The van der Waals surface area contributed by atoms with Crippen LogP contribution in [0.3, 0.4) is 0 Å². The Morgan fingerprint density at radius 1 is 1.23 bits per heavy atom. The molecule has 0 unspecified atom stereocenters. The second-order valence-electron chi connectivity index (χ2n) is 8.82. The van der Waals surface area contributed by atoms with E-state index in [1.54, 1.807) is 7.11 Å². The van der Waals surface area contributed by atoms with Crippen LogP contribution in [0.1, 0.15) is 43.2 Å². The summed E-state index contributed by atoms with van der Waals surface area (Å²) >= 11 is 0. The number of phenols is 1. The molecule has 2 aliphatic heterocycles. The zero-order chi connectivity index (χ0) is 17.9. The van der Waals surface area contributed by atoms with Crippen molar-refractivity contribution < 1.29 is 14.9 Å². The summed E-state index contributed by atoms with van der Waals surface area (Å²) < 4.78 is 5.41. The van der Waals surface area contributed by atoms with Crippen molar-refractivity contribution in [2.24, 2.45) is 5.92 Å². The van der Waals surface area contributed by atoms with Crippen LogP contribution in [0.5, 0.6) is 11.5 Å². The molecule has 2 heterocycles. The molecule has 0 spiro atoms. The molecule has 3 fully saturated rings. The summed E-state index contributed by atoms with van der Waals surface area (Å²) in [5, 5.41) is 26.7. The molecule has 1 aromatic carbocycles. The molecule has 0 radical (unpaired) electrons. The maximum atomic E-state index is 12.1. The molecule has 2 aliphatic carbocycles. The van der Waals surface area contributed by atoms with E-state index in [1.165, 1.54) is 18.4 Å². The summed E-state index contributed by atoms with van der Waals surface area (Å²) in [6.07, 6.45) is 6.01. The maximum Gasteiger partial charge on any atom is 0.161 e. The molecule has 3 N–H and O–H groups in total. The Bertz CT molecular complexity index is 719. The minimum absolute atomic E-state index is 0.150. The van der Waals surface area contributed by atoms with Crippen molar-refractivity contribution in [2.75, 3.05) is 33.3 Å². The summed E-state index contributed by atoms with van der Waals surface area (Å²) in [5.74, 6) is 1.59. The Hall–Kier alpha value is -1.30. The highest BCUT2D eigenvalue weighted by molar-refractivity contribution is 5.58. The molecule has 3 atom stereocenters. The molecule has 26 heavy (non-hydrogen) atoms. The summed E-state index contributed by atoms with van der Waals surface area (Å²) in [4.78, 5) is 2.56. The van der Waals surface area contributed by atoms with Crippen molar-refractivity contribution in [3.05, 3.63) is 23.3 Å². The van der Waals surface area contributed by atoms with Gasteiger partial charge in [0, 0.05) is 23.6 Å². The maximum absolute atomic E-state index is 12.1. The van der Waals surface area contributed by atoms with Crippen LogP contribution < -0.4 is 10.1 Å². The van der Waals surface area contributed by atoms with Gasteiger partial charge in [-0.2, -0.15) is 0 Å². The van der Waals surface area contributed by atoms with Crippen LogP contribution in [0.2, 0.25) is 0 Å². The van der Waals surface area contributed by atoms with Gasteiger partial charge in [-0.1, -0.05) is 6.07 Å². The second-order valence-corrected chi connectivity index (χ2v) is 8.82. The SMILES string of the molecule is COc1ccc2c(c1O)[C@@]13CCNCC[C@@]1(O)[C@@H](C2)N(CC1CC1)CC3. The van der Waals surface area contributed by atoms with Crippen LogP contribution in [0.25, 0.3) is 0 Å². The molecular weight excluding hydrogens is 328 g/mol. The van der Waals surface area contributed by atoms with Crippen LogP contribution in [0.4, 0.5) is 0 Å². The van der Waals surface area contributed by atoms with E-state index in [0.29, 0.717) is 5.75 Å². The van der Waals surface area contributed by atoms with Gasteiger partial charge in [-0.05, 0) is 75.7 Å². The van der Waals surface area contributed by atoms with Crippen LogP contribution in [-0.2, 0) is 11.8 Å². The van der Waals surface area contributed by atoms with Gasteiger partial charge in [-0.15, -0.1) is 0 Å². The molecule has 1 aromatic rings. The van der Waals surface area contributed by atoms with E-state index < -0.39 is 5.60 Å². The fraction of sp³-hybridized carbons (Fsp3) is 0.714. The lowest BCUT2D eigenvalue weighted by Gasteiger charge is -2.61. The lowest BCUT2D eigenvalue weighted by Crippen LogP contribution is -2.71. The molecule has 1 saturated carbocycles. The number of likely N-dealkylation sites (tertiary alicyclic amines) is 1. The topological polar surface area (TPSA) is 65.0 Å². The molecule has 2 bridgehead atoms. The lowest BCUT2D eigenvalue weighted by atomic mass is 9.52. The number of ether oxygens (including phenoxy) is 1. The number of hydrogen-bond acceptors (Lipinski definition) is 5. The van der Waals surface area contributed by atoms with E-state index in [9.17, 15) is 10.2 Å². The Balaban J connectivity index is 1.67. The minimum atomic E-state index is -0.791. The van der Waals surface area contributed by atoms with Gasteiger partial charge in [0.1, 0.15) is 0 Å². The quantitative estimate of drug-likeness (QED) is 0.769. The predicted octanol–water partition coefficient (Wildman–Crippen LogP) is 1.79. The van der Waals surface area contributed by atoms with Gasteiger partial charge >= 0.3 is 0 Å². The number of nitrogens with one attached hydrogen (secondary N) is 1. The number of aromatic hydroxyl groups is 1. The minimum Gasteiger partial charge on any atom is -0.504 e. The second kappa shape index (κ2) is 5.85. The predicted molar refractivity (Wildman–Crippen MR) is 99.8 cm³/mol. The van der Waals surface area contributed by atoms with Gasteiger partial charge in [-0.25, -0.2) is 0 Å². The van der Waals surface area contributed by atoms with E-state index in [4.69, 9.17) is 4.74 Å². The van der Waals surface area contributed by atoms with Gasteiger partial charge in [0.25, 0.3) is 0 Å². The molecule has 5 nitrogen and oxygen atoms in total. The number of aliphatic hydroxyl groups is 1. The third kappa shape index (κ3) is 2.20. The summed E-state index contributed by atoms with van der Waals surface area (Å²) in [5.41, 5.74) is 0.985. The number of methoxy groups -OCH3 is 1. The summed E-state index contributed by atoms with van der Waals surface area (Å²) in [6, 6.07) is 4.14. The van der Waals surface area contributed by atoms with E-state index in [-0.39, 0.29) is 17.2 Å². The zero-order valence-electron chi connectivity index (χ0n) is 15.6. The Morgan fingerprint density at radius 3 is 2.81 bits per heavy atom. The Labute approximate surface area is 155 Å². The first-order chi connectivity index (χ1) is 12.6. The molecule has 0 aromatic heterocycles. The highest BCUT2D eigenvalue weighted by Gasteiger charge is 2.63. The highest BCUT2D eigenvalue weighted by atomic mass is 16.5. The standard InChI is InChI=1S/C21H30N2O3/c1-26-16-5-4-15-12-17-21(25)7-10-22-9-6-20(21,18(15)19(16)24)8-11-23(17)13-14-2-3-14/h4-5,14,17,22,24-25H,2-3,6-13H2,1H3/t17-,20+,21-/m1/s1. The molecule has 5 rings (SSSR count). The van der Waals surface area contributed by atoms with Gasteiger partial charge in [0.15, 0.2) is 11.5 Å². The van der Waals surface area contributed by atoms with E-state index in [0.717, 1.165) is 63.3 Å². The number of piperidine rings is 1. The molecule has 2 saturated heterocycles. The largest absolute Gasteiger partial charge is 0.504 e. The molecule has 5 heteroatoms. The number of fused-ring (bicyclic) bond motifs is 1. The molecule has 0 amide bonds. The van der Waals surface area contributed by atoms with Crippen LogP contribution >= 0.6 is 0 Å². The van der Waals surface area contributed by atoms with Gasteiger partial charge in [-0.3, -0.25) is 4.90 Å². The number of rotatable bonds is 3. The summed E-state index contributed by atoms with van der Waals surface area (Å²) in [6.45, 7) is 3.85. The number of phenolic OH excluding ortho intramolecular Hbond substituents is 1. The number of hydrogen-bond donors (Lipinski definition) is 3. The van der Waals surface area contributed by atoms with Crippen LogP contribution in [0, 0.1) is 5.92 Å². The number of benzene rings is 1. The van der Waals surface area contributed by atoms with Gasteiger partial charge in [0.05, 0.1) is 12.7 Å². The Morgan fingerprint density at radius 2 is 2.04 bits per heavy atom. The normalized spacial score (nSPS) is 36.8. The first kappa shape index (κ1) is 16.8. The van der Waals surface area contributed by atoms with Crippen molar-refractivity contribution in [1.29, 1.82) is 0 Å². The van der Waals surface area contributed by atoms with Crippen molar-refractivity contribution in [2.45, 2.75) is 55.6 Å². The van der Waals surface area contributed by atoms with Crippen molar-refractivity contribution in [3.63, 3.8) is 0 Å². The smallest absolute Gasteiger partial charge is 0.161 e. The van der Waals surface area contributed by atoms with Gasteiger partial charge < -0.3 is 20.3 Å². The molecular formula is C21H30N2O3. The third-order valence-corrected chi connectivity index (χ3v) is 7.59. The average molecular weight is 358 g/mol. The van der Waals surface area contributed by atoms with E-state index in [1.807, 2.05) is 6.07 Å². The molecule has 142 valence electrons. The number of nitrogens with zero attached hydrogens (tertiary/aromatic N) is 1. The Kier molecular flexibility index (Phi) is 3.79. The van der Waals surface area contributed by atoms with Crippen LogP contribution in [0.15, 0.2) is 12.1 Å². The van der Waals surface area contributed by atoms with Crippen molar-refractivity contribution in [3.8, 4) is 11.5 Å². The summed E-state index contributed by atoms with van der Waals surface area (Å²) in [7, 11) is 1.60. The van der Waals surface area contributed by atoms with Gasteiger partial charge in [0.2, 0.25) is 0 Å². The first-order valence-electron chi connectivity index (χ1n) is 10.2. The lowest BCUT2D eigenvalue weighted by molar-refractivity contribution is -0.149. The fourth-order valence-corrected chi connectivity index (χ4v) is 6.09. The zero-order valence-corrected chi connectivity index (χ0v) is 15.6. The van der Waals surface area contributed by atoms with Crippen molar-refractivity contribution in [1.82, 2.24) is 10.2 Å². The van der Waals surface area contributed by atoms with Crippen LogP contribution in [-0.4, -0.2) is 60.0 Å².